The van der Waals surface area contributed by atoms with Gasteiger partial charge in [-0.1, -0.05) is 6.42 Å². The van der Waals surface area contributed by atoms with Gasteiger partial charge in [0.05, 0.1) is 4.90 Å². The maximum Gasteiger partial charge on any atom is 0.240 e. The normalized spacial score (nSPS) is 22.1. The molecule has 2 unspecified atom stereocenters. The molecule has 1 saturated carbocycles. The van der Waals surface area contributed by atoms with Crippen LogP contribution >= 0.6 is 12.4 Å². The molecule has 7 heteroatoms. The van der Waals surface area contributed by atoms with Crippen molar-refractivity contribution in [1.82, 2.24) is 4.72 Å². The van der Waals surface area contributed by atoms with Crippen LogP contribution in [0, 0.1) is 25.6 Å². The summed E-state index contributed by atoms with van der Waals surface area (Å²) in [6, 6.07) is 2.63. The van der Waals surface area contributed by atoms with Crippen LogP contribution in [0.1, 0.15) is 30.4 Å². The van der Waals surface area contributed by atoms with Crippen LogP contribution in [-0.2, 0) is 10.0 Å². The van der Waals surface area contributed by atoms with E-state index in [2.05, 4.69) is 4.72 Å². The van der Waals surface area contributed by atoms with E-state index in [0.29, 0.717) is 17.7 Å². The zero-order chi connectivity index (χ0) is 14.9. The van der Waals surface area contributed by atoms with Crippen molar-refractivity contribution < 1.29 is 12.8 Å². The molecule has 0 saturated heterocycles. The maximum atomic E-state index is 13.6. The molecule has 1 fully saturated rings. The quantitative estimate of drug-likeness (QED) is 0.886. The fraction of sp³-hybridized carbons (Fsp3) is 0.571. The van der Waals surface area contributed by atoms with Crippen LogP contribution in [0.15, 0.2) is 17.0 Å². The lowest BCUT2D eigenvalue weighted by Crippen LogP contribution is -2.39. The molecule has 0 bridgehead atoms. The third kappa shape index (κ3) is 3.94. The van der Waals surface area contributed by atoms with Crippen molar-refractivity contribution in [3.63, 3.8) is 0 Å². The number of benzene rings is 1. The molecule has 0 radical (unpaired) electrons. The van der Waals surface area contributed by atoms with Gasteiger partial charge in [0, 0.05) is 6.04 Å². The summed E-state index contributed by atoms with van der Waals surface area (Å²) in [5.74, 6) is -0.169. The van der Waals surface area contributed by atoms with Gasteiger partial charge in [-0.25, -0.2) is 17.5 Å². The summed E-state index contributed by atoms with van der Waals surface area (Å²) in [4.78, 5) is 0.122. The lowest BCUT2D eigenvalue weighted by molar-refractivity contribution is 0.452. The summed E-state index contributed by atoms with van der Waals surface area (Å²) in [5, 5.41) is 0. The summed E-state index contributed by atoms with van der Waals surface area (Å²) >= 11 is 0. The van der Waals surface area contributed by atoms with E-state index < -0.39 is 10.0 Å². The average molecular weight is 337 g/mol. The Hall–Kier alpha value is -0.690. The van der Waals surface area contributed by atoms with Gasteiger partial charge in [0.25, 0.3) is 0 Å². The highest BCUT2D eigenvalue weighted by Gasteiger charge is 2.30. The van der Waals surface area contributed by atoms with E-state index in [1.807, 2.05) is 0 Å². The van der Waals surface area contributed by atoms with E-state index in [1.165, 1.54) is 12.1 Å². The van der Waals surface area contributed by atoms with Crippen molar-refractivity contribution in [3.05, 3.63) is 29.1 Å². The first-order valence-electron chi connectivity index (χ1n) is 6.84. The molecule has 4 nitrogen and oxygen atoms in total. The standard InChI is InChI=1S/C14H21FN2O2S.ClH/c1-9-6-12(7-10(2)14(9)15)20(18,19)17-13-5-3-4-11(13)8-16;/h6-7,11,13,17H,3-5,8,16H2,1-2H3;1H. The number of aryl methyl sites for hydroxylation is 2. The van der Waals surface area contributed by atoms with Gasteiger partial charge in [-0.2, -0.15) is 0 Å². The van der Waals surface area contributed by atoms with Crippen molar-refractivity contribution >= 4 is 22.4 Å². The number of hydrogen-bond acceptors (Lipinski definition) is 3. The molecule has 1 aromatic rings. The Morgan fingerprint density at radius 3 is 2.38 bits per heavy atom. The Morgan fingerprint density at radius 1 is 1.29 bits per heavy atom. The molecule has 0 heterocycles. The molecule has 2 rings (SSSR count). The third-order valence-corrected chi connectivity index (χ3v) is 5.46. The molecule has 120 valence electrons. The highest BCUT2D eigenvalue weighted by Crippen LogP contribution is 2.27. The Labute approximate surface area is 131 Å². The van der Waals surface area contributed by atoms with E-state index in [1.54, 1.807) is 13.8 Å². The first-order chi connectivity index (χ1) is 9.35. The molecule has 0 aromatic heterocycles. The molecule has 1 aliphatic rings. The topological polar surface area (TPSA) is 72.2 Å². The number of hydrogen-bond donors (Lipinski definition) is 2. The molecular weight excluding hydrogens is 315 g/mol. The molecule has 0 amide bonds. The monoisotopic (exact) mass is 336 g/mol. The molecule has 1 aromatic carbocycles. The Balaban J connectivity index is 0.00000220. The highest BCUT2D eigenvalue weighted by atomic mass is 35.5. The summed E-state index contributed by atoms with van der Waals surface area (Å²) in [6.07, 6.45) is 2.74. The van der Waals surface area contributed by atoms with Crippen LogP contribution in [0.2, 0.25) is 0 Å². The van der Waals surface area contributed by atoms with Crippen LogP contribution in [0.5, 0.6) is 0 Å². The molecule has 3 N–H and O–H groups in total. The van der Waals surface area contributed by atoms with Crippen LogP contribution in [0.4, 0.5) is 4.39 Å². The second-order valence-corrected chi connectivity index (χ2v) is 7.24. The third-order valence-electron chi connectivity index (χ3n) is 3.99. The summed E-state index contributed by atoms with van der Waals surface area (Å²) < 4.78 is 41.1. The number of nitrogens with one attached hydrogen (secondary N) is 1. The van der Waals surface area contributed by atoms with E-state index >= 15 is 0 Å². The zero-order valence-corrected chi connectivity index (χ0v) is 13.9. The van der Waals surface area contributed by atoms with Gasteiger partial charge in [0.15, 0.2) is 0 Å². The van der Waals surface area contributed by atoms with Crippen molar-refractivity contribution in [2.75, 3.05) is 6.54 Å². The smallest absolute Gasteiger partial charge is 0.240 e. The molecule has 0 spiro atoms. The molecular formula is C14H22ClFN2O2S. The van der Waals surface area contributed by atoms with Crippen LogP contribution < -0.4 is 10.5 Å². The van der Waals surface area contributed by atoms with Gasteiger partial charge < -0.3 is 5.73 Å². The predicted molar refractivity (Wildman–Crippen MR) is 83.6 cm³/mol. The lowest BCUT2D eigenvalue weighted by Gasteiger charge is -2.20. The van der Waals surface area contributed by atoms with Gasteiger partial charge in [0.1, 0.15) is 5.82 Å². The average Bonchev–Trinajstić information content (AvgIpc) is 2.81. The zero-order valence-electron chi connectivity index (χ0n) is 12.2. The number of rotatable bonds is 4. The second kappa shape index (κ2) is 7.05. The van der Waals surface area contributed by atoms with Crippen molar-refractivity contribution in [3.8, 4) is 0 Å². The van der Waals surface area contributed by atoms with Crippen molar-refractivity contribution in [1.29, 1.82) is 0 Å². The number of nitrogens with two attached hydrogens (primary N) is 1. The van der Waals surface area contributed by atoms with E-state index in [4.69, 9.17) is 5.73 Å². The summed E-state index contributed by atoms with van der Waals surface area (Å²) in [6.45, 7) is 3.62. The number of sulfonamides is 1. The predicted octanol–water partition coefficient (Wildman–Crippen LogP) is 2.27. The molecule has 2 atom stereocenters. The van der Waals surface area contributed by atoms with Gasteiger partial charge in [0.2, 0.25) is 10.0 Å². The molecule has 1 aliphatic carbocycles. The Kier molecular flexibility index (Phi) is 6.16. The minimum Gasteiger partial charge on any atom is -0.330 e. The van der Waals surface area contributed by atoms with Gasteiger partial charge in [-0.15, -0.1) is 12.4 Å². The second-order valence-electron chi connectivity index (χ2n) is 5.53. The van der Waals surface area contributed by atoms with Crippen LogP contribution in [0.3, 0.4) is 0 Å². The number of halogens is 2. The molecule has 21 heavy (non-hydrogen) atoms. The molecule has 0 aliphatic heterocycles. The van der Waals surface area contributed by atoms with Gasteiger partial charge >= 0.3 is 0 Å². The Morgan fingerprint density at radius 2 is 1.86 bits per heavy atom. The van der Waals surface area contributed by atoms with Gasteiger partial charge in [-0.05, 0) is 62.4 Å². The van der Waals surface area contributed by atoms with Gasteiger partial charge in [-0.3, -0.25) is 0 Å². The summed E-state index contributed by atoms with van der Waals surface area (Å²) in [5.41, 5.74) is 6.35. The fourth-order valence-electron chi connectivity index (χ4n) is 2.80. The van der Waals surface area contributed by atoms with Crippen molar-refractivity contribution in [2.24, 2.45) is 11.7 Å². The minimum atomic E-state index is -3.62. The van der Waals surface area contributed by atoms with E-state index in [9.17, 15) is 12.8 Å². The first kappa shape index (κ1) is 18.4. The van der Waals surface area contributed by atoms with Crippen LogP contribution in [0.25, 0.3) is 0 Å². The fourth-order valence-corrected chi connectivity index (χ4v) is 4.31. The SMILES string of the molecule is Cc1cc(S(=O)(=O)NC2CCCC2CN)cc(C)c1F.Cl. The largest absolute Gasteiger partial charge is 0.330 e. The lowest BCUT2D eigenvalue weighted by atomic mass is 10.1. The summed E-state index contributed by atoms with van der Waals surface area (Å²) in [7, 11) is -3.62. The minimum absolute atomic E-state index is 0. The Bertz CT molecular complexity index is 584. The maximum absolute atomic E-state index is 13.6. The van der Waals surface area contributed by atoms with E-state index in [0.717, 1.165) is 19.3 Å². The van der Waals surface area contributed by atoms with E-state index in [-0.39, 0.29) is 35.1 Å². The van der Waals surface area contributed by atoms with Crippen molar-refractivity contribution in [2.45, 2.75) is 44.0 Å². The highest BCUT2D eigenvalue weighted by molar-refractivity contribution is 7.89. The first-order valence-corrected chi connectivity index (χ1v) is 8.32. The van der Waals surface area contributed by atoms with Crippen LogP contribution in [-0.4, -0.2) is 21.0 Å².